The number of sulfone groups is 1. The standard InChI is InChI=1S/C16H26N4O2S/c1-17-16(19-14-9-11-23(21,22)12-14)18-10-8-13-4-6-15(7-5-13)20(2)3/h4-7,14H,8-12H2,1-3H3,(H2,17,18,19). The molecule has 0 amide bonds. The van der Waals surface area contributed by atoms with Crippen LogP contribution in [0.5, 0.6) is 0 Å². The molecule has 7 heteroatoms. The van der Waals surface area contributed by atoms with Crippen LogP contribution in [0.3, 0.4) is 0 Å². The van der Waals surface area contributed by atoms with Gasteiger partial charge in [-0.15, -0.1) is 0 Å². The molecule has 1 aliphatic rings. The summed E-state index contributed by atoms with van der Waals surface area (Å²) in [6.07, 6.45) is 1.53. The van der Waals surface area contributed by atoms with E-state index in [0.29, 0.717) is 12.4 Å². The molecule has 1 aliphatic heterocycles. The van der Waals surface area contributed by atoms with Crippen LogP contribution < -0.4 is 15.5 Å². The van der Waals surface area contributed by atoms with Gasteiger partial charge in [0.25, 0.3) is 0 Å². The first-order chi connectivity index (χ1) is 10.9. The van der Waals surface area contributed by atoms with Gasteiger partial charge in [0.1, 0.15) is 0 Å². The summed E-state index contributed by atoms with van der Waals surface area (Å²) >= 11 is 0. The minimum atomic E-state index is -2.87. The van der Waals surface area contributed by atoms with Gasteiger partial charge >= 0.3 is 0 Å². The summed E-state index contributed by atoms with van der Waals surface area (Å²) in [5.74, 6) is 1.12. The quantitative estimate of drug-likeness (QED) is 0.609. The van der Waals surface area contributed by atoms with Crippen LogP contribution in [0.2, 0.25) is 0 Å². The number of benzene rings is 1. The maximum Gasteiger partial charge on any atom is 0.191 e. The van der Waals surface area contributed by atoms with Crippen molar-refractivity contribution in [1.29, 1.82) is 0 Å². The van der Waals surface area contributed by atoms with Crippen LogP contribution in [-0.2, 0) is 16.3 Å². The Morgan fingerprint density at radius 1 is 1.30 bits per heavy atom. The molecule has 1 fully saturated rings. The molecule has 128 valence electrons. The van der Waals surface area contributed by atoms with Crippen LogP contribution in [0, 0.1) is 0 Å². The van der Waals surface area contributed by atoms with Gasteiger partial charge in [-0.3, -0.25) is 4.99 Å². The summed E-state index contributed by atoms with van der Waals surface area (Å²) in [7, 11) is 2.87. The molecule has 1 aromatic rings. The highest BCUT2D eigenvalue weighted by atomic mass is 32.2. The van der Waals surface area contributed by atoms with Crippen molar-refractivity contribution in [3.8, 4) is 0 Å². The van der Waals surface area contributed by atoms with Gasteiger partial charge in [-0.1, -0.05) is 12.1 Å². The molecule has 0 aromatic heterocycles. The Morgan fingerprint density at radius 2 is 2.00 bits per heavy atom. The number of guanidine groups is 1. The Kier molecular flexibility index (Phi) is 5.87. The Labute approximate surface area is 138 Å². The highest BCUT2D eigenvalue weighted by Crippen LogP contribution is 2.12. The third-order valence-corrected chi connectivity index (χ3v) is 5.72. The first-order valence-electron chi connectivity index (χ1n) is 7.83. The van der Waals surface area contributed by atoms with Crippen molar-refractivity contribution in [2.45, 2.75) is 18.9 Å². The minimum absolute atomic E-state index is 0.0365. The summed E-state index contributed by atoms with van der Waals surface area (Å²) in [6, 6.07) is 8.41. The largest absolute Gasteiger partial charge is 0.378 e. The summed E-state index contributed by atoms with van der Waals surface area (Å²) in [5.41, 5.74) is 2.43. The number of aliphatic imine (C=N–C) groups is 1. The van der Waals surface area contributed by atoms with E-state index in [-0.39, 0.29) is 17.5 Å². The summed E-state index contributed by atoms with van der Waals surface area (Å²) < 4.78 is 23.0. The molecule has 2 N–H and O–H groups in total. The van der Waals surface area contributed by atoms with Gasteiger partial charge in [0, 0.05) is 39.4 Å². The fourth-order valence-electron chi connectivity index (χ4n) is 2.58. The van der Waals surface area contributed by atoms with E-state index in [0.717, 1.165) is 13.0 Å². The molecule has 0 radical (unpaired) electrons. The topological polar surface area (TPSA) is 73.8 Å². The zero-order chi connectivity index (χ0) is 16.9. The van der Waals surface area contributed by atoms with E-state index in [1.54, 1.807) is 7.05 Å². The molecule has 23 heavy (non-hydrogen) atoms. The van der Waals surface area contributed by atoms with Crippen molar-refractivity contribution in [3.63, 3.8) is 0 Å². The number of anilines is 1. The van der Waals surface area contributed by atoms with E-state index in [9.17, 15) is 8.42 Å². The minimum Gasteiger partial charge on any atom is -0.378 e. The zero-order valence-electron chi connectivity index (χ0n) is 14.0. The smallest absolute Gasteiger partial charge is 0.191 e. The number of hydrogen-bond acceptors (Lipinski definition) is 4. The van der Waals surface area contributed by atoms with Gasteiger partial charge in [0.05, 0.1) is 11.5 Å². The maximum absolute atomic E-state index is 11.5. The molecule has 0 saturated carbocycles. The van der Waals surface area contributed by atoms with Gasteiger partial charge in [0.2, 0.25) is 0 Å². The fraction of sp³-hybridized carbons (Fsp3) is 0.562. The zero-order valence-corrected chi connectivity index (χ0v) is 14.9. The van der Waals surface area contributed by atoms with Crippen LogP contribution >= 0.6 is 0 Å². The van der Waals surface area contributed by atoms with Crippen LogP contribution in [0.4, 0.5) is 5.69 Å². The van der Waals surface area contributed by atoms with Crippen molar-refractivity contribution < 1.29 is 8.42 Å². The van der Waals surface area contributed by atoms with Crippen molar-refractivity contribution in [1.82, 2.24) is 10.6 Å². The molecule has 1 atom stereocenters. The van der Waals surface area contributed by atoms with Crippen LogP contribution in [0.25, 0.3) is 0 Å². The van der Waals surface area contributed by atoms with Gasteiger partial charge in [-0.2, -0.15) is 0 Å². The molecule has 1 unspecified atom stereocenters. The van der Waals surface area contributed by atoms with E-state index in [1.165, 1.54) is 11.3 Å². The molecule has 1 aromatic carbocycles. The normalized spacial score (nSPS) is 20.3. The number of rotatable bonds is 5. The Balaban J connectivity index is 1.78. The lowest BCUT2D eigenvalue weighted by molar-refractivity contribution is 0.599. The molecule has 0 spiro atoms. The summed E-state index contributed by atoms with van der Waals surface area (Å²) in [4.78, 5) is 6.23. The highest BCUT2D eigenvalue weighted by molar-refractivity contribution is 7.91. The molecule has 1 heterocycles. The molecule has 1 saturated heterocycles. The number of nitrogens with one attached hydrogen (secondary N) is 2. The van der Waals surface area contributed by atoms with E-state index in [2.05, 4.69) is 44.8 Å². The lowest BCUT2D eigenvalue weighted by Crippen LogP contribution is -2.44. The lowest BCUT2D eigenvalue weighted by Gasteiger charge is -2.16. The van der Waals surface area contributed by atoms with E-state index in [1.807, 2.05) is 14.1 Å². The molecule has 0 aliphatic carbocycles. The SMILES string of the molecule is CN=C(NCCc1ccc(N(C)C)cc1)NC1CCS(=O)(=O)C1. The lowest BCUT2D eigenvalue weighted by atomic mass is 10.1. The van der Waals surface area contributed by atoms with Gasteiger partial charge in [-0.25, -0.2) is 8.42 Å². The van der Waals surface area contributed by atoms with Crippen molar-refractivity contribution in [2.24, 2.45) is 4.99 Å². The van der Waals surface area contributed by atoms with Gasteiger partial charge in [-0.05, 0) is 30.5 Å². The third kappa shape index (κ3) is 5.42. The Hall–Kier alpha value is -1.76. The van der Waals surface area contributed by atoms with Crippen molar-refractivity contribution >= 4 is 21.5 Å². The van der Waals surface area contributed by atoms with E-state index >= 15 is 0 Å². The Morgan fingerprint density at radius 3 is 2.52 bits per heavy atom. The van der Waals surface area contributed by atoms with Crippen molar-refractivity contribution in [2.75, 3.05) is 44.1 Å². The molecule has 0 bridgehead atoms. The van der Waals surface area contributed by atoms with E-state index < -0.39 is 9.84 Å². The van der Waals surface area contributed by atoms with Crippen LogP contribution in [-0.4, -0.2) is 59.6 Å². The second-order valence-corrected chi connectivity index (χ2v) is 8.28. The summed E-state index contributed by atoms with van der Waals surface area (Å²) in [5, 5.41) is 6.43. The second-order valence-electron chi connectivity index (χ2n) is 6.05. The maximum atomic E-state index is 11.5. The van der Waals surface area contributed by atoms with Crippen molar-refractivity contribution in [3.05, 3.63) is 29.8 Å². The first-order valence-corrected chi connectivity index (χ1v) is 9.65. The predicted octanol–water partition coefficient (Wildman–Crippen LogP) is 0.647. The third-order valence-electron chi connectivity index (χ3n) is 3.96. The average Bonchev–Trinajstić information content (AvgIpc) is 2.85. The highest BCUT2D eigenvalue weighted by Gasteiger charge is 2.28. The second kappa shape index (κ2) is 7.68. The molecular formula is C16H26N4O2S. The van der Waals surface area contributed by atoms with Gasteiger partial charge < -0.3 is 15.5 Å². The monoisotopic (exact) mass is 338 g/mol. The molecule has 6 nitrogen and oxygen atoms in total. The Bertz CT molecular complexity index is 639. The molecule has 2 rings (SSSR count). The first kappa shape index (κ1) is 17.6. The van der Waals surface area contributed by atoms with E-state index in [4.69, 9.17) is 0 Å². The fourth-order valence-corrected chi connectivity index (χ4v) is 4.26. The van der Waals surface area contributed by atoms with Crippen LogP contribution in [0.1, 0.15) is 12.0 Å². The predicted molar refractivity (Wildman–Crippen MR) is 96.0 cm³/mol. The van der Waals surface area contributed by atoms with Gasteiger partial charge in [0.15, 0.2) is 15.8 Å². The summed E-state index contributed by atoms with van der Waals surface area (Å²) in [6.45, 7) is 0.750. The van der Waals surface area contributed by atoms with Crippen LogP contribution in [0.15, 0.2) is 29.3 Å². The number of hydrogen-bond donors (Lipinski definition) is 2. The number of nitrogens with zero attached hydrogens (tertiary/aromatic N) is 2. The average molecular weight is 338 g/mol. The molecular weight excluding hydrogens is 312 g/mol.